The highest BCUT2D eigenvalue weighted by Crippen LogP contribution is 2.24. The number of anilines is 1. The van der Waals surface area contributed by atoms with Crippen molar-refractivity contribution in [2.24, 2.45) is 0 Å². The standard InChI is InChI=1S/C12H10F4N2S/c1-6-9(19-5-18-6)2-3-17-12-10(15)7(13)4-8(14)11(12)16/h4-5,17H,2-3H2,1H3. The van der Waals surface area contributed by atoms with E-state index in [9.17, 15) is 17.6 Å². The summed E-state index contributed by atoms with van der Waals surface area (Å²) in [6, 6.07) is 0.184. The fraction of sp³-hybridized carbons (Fsp3) is 0.250. The van der Waals surface area contributed by atoms with Crippen LogP contribution in [-0.4, -0.2) is 11.5 Å². The zero-order valence-corrected chi connectivity index (χ0v) is 10.8. The summed E-state index contributed by atoms with van der Waals surface area (Å²) in [7, 11) is 0. The van der Waals surface area contributed by atoms with Gasteiger partial charge in [0.2, 0.25) is 0 Å². The second-order valence-corrected chi connectivity index (χ2v) is 4.82. The number of halogens is 4. The molecule has 1 heterocycles. The van der Waals surface area contributed by atoms with Crippen molar-refractivity contribution in [1.29, 1.82) is 0 Å². The number of nitrogens with zero attached hydrogens (tertiary/aromatic N) is 1. The molecule has 2 nitrogen and oxygen atoms in total. The van der Waals surface area contributed by atoms with Crippen molar-refractivity contribution in [3.8, 4) is 0 Å². The Morgan fingerprint density at radius 1 is 1.16 bits per heavy atom. The average Bonchev–Trinajstić information content (AvgIpc) is 2.77. The topological polar surface area (TPSA) is 24.9 Å². The van der Waals surface area contributed by atoms with Gasteiger partial charge in [-0.15, -0.1) is 11.3 Å². The fourth-order valence-corrected chi connectivity index (χ4v) is 2.38. The van der Waals surface area contributed by atoms with Crippen molar-refractivity contribution >= 4 is 17.0 Å². The van der Waals surface area contributed by atoms with Crippen LogP contribution >= 0.6 is 11.3 Å². The maximum absolute atomic E-state index is 13.3. The number of rotatable bonds is 4. The van der Waals surface area contributed by atoms with E-state index >= 15 is 0 Å². The summed E-state index contributed by atoms with van der Waals surface area (Å²) in [5.41, 5.74) is 1.71. The van der Waals surface area contributed by atoms with Crippen LogP contribution in [0, 0.1) is 30.2 Å². The Hall–Kier alpha value is -1.63. The van der Waals surface area contributed by atoms with Crippen molar-refractivity contribution in [2.45, 2.75) is 13.3 Å². The van der Waals surface area contributed by atoms with Crippen LogP contribution in [0.3, 0.4) is 0 Å². The molecular weight excluding hydrogens is 280 g/mol. The van der Waals surface area contributed by atoms with Gasteiger partial charge < -0.3 is 5.32 Å². The molecule has 0 aliphatic heterocycles. The molecule has 1 aromatic heterocycles. The van der Waals surface area contributed by atoms with Gasteiger partial charge in [0, 0.05) is 23.9 Å². The smallest absolute Gasteiger partial charge is 0.185 e. The molecule has 1 aromatic carbocycles. The van der Waals surface area contributed by atoms with Crippen molar-refractivity contribution in [3.05, 3.63) is 45.4 Å². The summed E-state index contributed by atoms with van der Waals surface area (Å²) in [6.07, 6.45) is 0.466. The molecule has 0 unspecified atom stereocenters. The molecule has 19 heavy (non-hydrogen) atoms. The van der Waals surface area contributed by atoms with Crippen molar-refractivity contribution in [1.82, 2.24) is 4.98 Å². The van der Waals surface area contributed by atoms with Crippen LogP contribution < -0.4 is 5.32 Å². The minimum Gasteiger partial charge on any atom is -0.380 e. The molecular formula is C12H10F4N2S. The number of aromatic nitrogens is 1. The Kier molecular flexibility index (Phi) is 4.04. The normalized spacial score (nSPS) is 10.8. The molecule has 7 heteroatoms. The maximum atomic E-state index is 13.3. The Balaban J connectivity index is 2.10. The van der Waals surface area contributed by atoms with Gasteiger partial charge in [-0.3, -0.25) is 0 Å². The quantitative estimate of drug-likeness (QED) is 0.686. The third kappa shape index (κ3) is 2.86. The number of benzene rings is 1. The first kappa shape index (κ1) is 13.8. The first-order valence-corrected chi connectivity index (χ1v) is 6.34. The molecule has 102 valence electrons. The third-order valence-electron chi connectivity index (χ3n) is 2.61. The molecule has 1 N–H and O–H groups in total. The molecule has 0 aliphatic carbocycles. The molecule has 0 amide bonds. The molecule has 0 fully saturated rings. The molecule has 0 radical (unpaired) electrons. The van der Waals surface area contributed by atoms with Gasteiger partial charge in [0.1, 0.15) is 5.69 Å². The molecule has 0 atom stereocenters. The Morgan fingerprint density at radius 2 is 1.79 bits per heavy atom. The van der Waals surface area contributed by atoms with Gasteiger partial charge in [-0.2, -0.15) is 0 Å². The van der Waals surface area contributed by atoms with Crippen LogP contribution in [0.4, 0.5) is 23.2 Å². The lowest BCUT2D eigenvalue weighted by molar-refractivity contribution is 0.458. The van der Waals surface area contributed by atoms with E-state index in [1.54, 1.807) is 5.51 Å². The van der Waals surface area contributed by atoms with Gasteiger partial charge >= 0.3 is 0 Å². The number of hydrogen-bond donors (Lipinski definition) is 1. The van der Waals surface area contributed by atoms with E-state index in [1.807, 2.05) is 6.92 Å². The van der Waals surface area contributed by atoms with Gasteiger partial charge in [-0.25, -0.2) is 22.5 Å². The minimum atomic E-state index is -1.42. The van der Waals surface area contributed by atoms with Crippen molar-refractivity contribution < 1.29 is 17.6 Å². The highest BCUT2D eigenvalue weighted by molar-refractivity contribution is 7.09. The lowest BCUT2D eigenvalue weighted by Gasteiger charge is -2.09. The van der Waals surface area contributed by atoms with Crippen LogP contribution in [-0.2, 0) is 6.42 Å². The SMILES string of the molecule is Cc1ncsc1CCNc1c(F)c(F)cc(F)c1F. The maximum Gasteiger partial charge on any atom is 0.185 e. The predicted molar refractivity (Wildman–Crippen MR) is 65.3 cm³/mol. The van der Waals surface area contributed by atoms with Gasteiger partial charge in [0.05, 0.1) is 11.2 Å². The highest BCUT2D eigenvalue weighted by Gasteiger charge is 2.18. The number of aryl methyl sites for hydroxylation is 1. The monoisotopic (exact) mass is 290 g/mol. The second-order valence-electron chi connectivity index (χ2n) is 3.88. The van der Waals surface area contributed by atoms with E-state index in [0.29, 0.717) is 6.42 Å². The summed E-state index contributed by atoms with van der Waals surface area (Å²) in [5, 5.41) is 2.38. The highest BCUT2D eigenvalue weighted by atomic mass is 32.1. The molecule has 0 spiro atoms. The van der Waals surface area contributed by atoms with E-state index in [1.165, 1.54) is 11.3 Å². The van der Waals surface area contributed by atoms with Crippen LogP contribution in [0.15, 0.2) is 11.6 Å². The van der Waals surface area contributed by atoms with Gasteiger partial charge in [-0.1, -0.05) is 0 Å². The van der Waals surface area contributed by atoms with Gasteiger partial charge in [0.15, 0.2) is 23.3 Å². The number of thiazole rings is 1. The van der Waals surface area contributed by atoms with Crippen molar-refractivity contribution in [2.75, 3.05) is 11.9 Å². The number of hydrogen-bond acceptors (Lipinski definition) is 3. The summed E-state index contributed by atoms with van der Waals surface area (Å²) >= 11 is 1.41. The molecule has 2 rings (SSSR count). The molecule has 2 aromatic rings. The molecule has 0 saturated heterocycles. The zero-order valence-electron chi connectivity index (χ0n) is 9.94. The summed E-state index contributed by atoms with van der Waals surface area (Å²) in [6.45, 7) is 1.97. The lowest BCUT2D eigenvalue weighted by atomic mass is 10.2. The van der Waals surface area contributed by atoms with Crippen LogP contribution in [0.25, 0.3) is 0 Å². The van der Waals surface area contributed by atoms with Crippen LogP contribution in [0.2, 0.25) is 0 Å². The Bertz CT molecular complexity index is 571. The first-order chi connectivity index (χ1) is 9.00. The van der Waals surface area contributed by atoms with Crippen LogP contribution in [0.5, 0.6) is 0 Å². The van der Waals surface area contributed by atoms with Crippen LogP contribution in [0.1, 0.15) is 10.6 Å². The predicted octanol–water partition coefficient (Wildman–Crippen LogP) is 3.66. The zero-order chi connectivity index (χ0) is 14.0. The van der Waals surface area contributed by atoms with E-state index < -0.39 is 29.0 Å². The van der Waals surface area contributed by atoms with E-state index in [0.717, 1.165) is 10.6 Å². The third-order valence-corrected chi connectivity index (χ3v) is 3.61. The summed E-state index contributed by atoms with van der Waals surface area (Å²) in [5.74, 6) is -5.68. The largest absolute Gasteiger partial charge is 0.380 e. The second kappa shape index (κ2) is 5.56. The first-order valence-electron chi connectivity index (χ1n) is 5.46. The summed E-state index contributed by atoms with van der Waals surface area (Å²) < 4.78 is 52.6. The number of nitrogens with one attached hydrogen (secondary N) is 1. The fourth-order valence-electron chi connectivity index (χ4n) is 1.60. The van der Waals surface area contributed by atoms with Gasteiger partial charge in [-0.05, 0) is 6.92 Å². The Morgan fingerprint density at radius 3 is 2.32 bits per heavy atom. The van der Waals surface area contributed by atoms with E-state index in [2.05, 4.69) is 10.3 Å². The van der Waals surface area contributed by atoms with E-state index in [4.69, 9.17) is 0 Å². The average molecular weight is 290 g/mol. The van der Waals surface area contributed by atoms with E-state index in [-0.39, 0.29) is 12.6 Å². The van der Waals surface area contributed by atoms with Gasteiger partial charge in [0.25, 0.3) is 0 Å². The molecule has 0 aliphatic rings. The Labute approximate surface area is 111 Å². The molecule has 0 bridgehead atoms. The minimum absolute atomic E-state index is 0.153. The summed E-state index contributed by atoms with van der Waals surface area (Å²) in [4.78, 5) is 4.98. The lowest BCUT2D eigenvalue weighted by Crippen LogP contribution is -2.10. The molecule has 0 saturated carbocycles. The van der Waals surface area contributed by atoms with Crippen molar-refractivity contribution in [3.63, 3.8) is 0 Å².